The molecule has 1 fully saturated rings. The zero-order chi connectivity index (χ0) is 20.0. The zero-order valence-electron chi connectivity index (χ0n) is 16.4. The molecule has 1 saturated carbocycles. The number of fused-ring (bicyclic) bond motifs is 2. The maximum Gasteiger partial charge on any atom is 0.166 e. The highest BCUT2D eigenvalue weighted by Crippen LogP contribution is 2.52. The second-order valence-electron chi connectivity index (χ2n) is 8.38. The molecule has 0 spiro atoms. The molecule has 0 amide bonds. The summed E-state index contributed by atoms with van der Waals surface area (Å²) < 4.78 is 15.2. The number of halogens is 1. The van der Waals surface area contributed by atoms with Crippen molar-refractivity contribution in [1.82, 2.24) is 9.78 Å². The Bertz CT molecular complexity index is 1100. The third-order valence-electron chi connectivity index (χ3n) is 6.64. The molecule has 0 unspecified atom stereocenters. The zero-order valence-corrected chi connectivity index (χ0v) is 16.4. The van der Waals surface area contributed by atoms with Crippen LogP contribution in [0.15, 0.2) is 66.4 Å². The molecule has 29 heavy (non-hydrogen) atoms. The van der Waals surface area contributed by atoms with Crippen molar-refractivity contribution in [3.8, 4) is 5.69 Å². The maximum atomic E-state index is 13.3. The van der Waals surface area contributed by atoms with Crippen molar-refractivity contribution < 1.29 is 9.18 Å². The highest BCUT2D eigenvalue weighted by Gasteiger charge is 2.46. The van der Waals surface area contributed by atoms with Gasteiger partial charge in [-0.3, -0.25) is 4.79 Å². The van der Waals surface area contributed by atoms with E-state index < -0.39 is 0 Å². The van der Waals surface area contributed by atoms with Crippen LogP contribution in [0.3, 0.4) is 0 Å². The summed E-state index contributed by atoms with van der Waals surface area (Å²) in [6.07, 6.45) is 7.87. The Labute approximate surface area is 169 Å². The molecule has 0 bridgehead atoms. The summed E-state index contributed by atoms with van der Waals surface area (Å²) in [5.74, 6) is -0.0319. The fraction of sp³-hybridized carbons (Fsp3) is 0.280. The van der Waals surface area contributed by atoms with E-state index in [1.54, 1.807) is 12.1 Å². The largest absolute Gasteiger partial charge is 0.294 e. The van der Waals surface area contributed by atoms with Crippen LogP contribution in [0.1, 0.15) is 47.8 Å². The van der Waals surface area contributed by atoms with E-state index in [9.17, 15) is 9.18 Å². The Kier molecular flexibility index (Phi) is 4.23. The summed E-state index contributed by atoms with van der Waals surface area (Å²) >= 11 is 0. The van der Waals surface area contributed by atoms with Crippen molar-refractivity contribution in [1.29, 1.82) is 0 Å². The monoisotopic (exact) mass is 386 g/mol. The third kappa shape index (κ3) is 2.94. The van der Waals surface area contributed by atoms with Crippen LogP contribution in [0.25, 0.3) is 11.8 Å². The Morgan fingerprint density at radius 2 is 1.90 bits per heavy atom. The number of ketones is 1. The number of allylic oxidation sites excluding steroid dienone is 1. The number of rotatable bonds is 3. The minimum Gasteiger partial charge on any atom is -0.294 e. The van der Waals surface area contributed by atoms with E-state index in [0.717, 1.165) is 48.2 Å². The molecule has 3 aromatic rings. The van der Waals surface area contributed by atoms with Crippen LogP contribution in [0.5, 0.6) is 0 Å². The Hall–Kier alpha value is -3.01. The van der Waals surface area contributed by atoms with Gasteiger partial charge in [0.15, 0.2) is 5.78 Å². The number of nitrogens with zero attached hydrogens (tertiary/aromatic N) is 2. The average Bonchev–Trinajstić information content (AvgIpc) is 3.14. The molecule has 4 heteroatoms. The van der Waals surface area contributed by atoms with Gasteiger partial charge < -0.3 is 0 Å². The van der Waals surface area contributed by atoms with Gasteiger partial charge in [-0.1, -0.05) is 42.8 Å². The van der Waals surface area contributed by atoms with Gasteiger partial charge in [-0.15, -0.1) is 0 Å². The highest BCUT2D eigenvalue weighted by molar-refractivity contribution is 5.99. The van der Waals surface area contributed by atoms with Crippen LogP contribution in [0, 0.1) is 17.2 Å². The molecule has 2 aromatic carbocycles. The normalized spacial score (nSPS) is 23.1. The fourth-order valence-corrected chi connectivity index (χ4v) is 5.05. The lowest BCUT2D eigenvalue weighted by Gasteiger charge is -2.45. The molecule has 0 saturated heterocycles. The topological polar surface area (TPSA) is 34.9 Å². The van der Waals surface area contributed by atoms with E-state index >= 15 is 0 Å². The molecule has 2 aliphatic rings. The second kappa shape index (κ2) is 6.80. The standard InChI is InChI=1S/C25H23FN2O/c1-25-15-18-16-27-28(21-12-10-20(26)11-13-21)23(18)14-19(25)8-5-9-22(25)24(29)17-6-3-2-4-7-17/h2-4,6-7,10-14,16,22H,5,8-9,15H2,1H3/t22-,25+/m1/s1. The minimum absolute atomic E-state index is 0.0211. The van der Waals surface area contributed by atoms with Crippen molar-refractivity contribution in [2.24, 2.45) is 11.3 Å². The first-order valence-corrected chi connectivity index (χ1v) is 10.2. The summed E-state index contributed by atoms with van der Waals surface area (Å²) in [7, 11) is 0. The molecule has 146 valence electrons. The van der Waals surface area contributed by atoms with Crippen LogP contribution in [-0.4, -0.2) is 15.6 Å². The SMILES string of the molecule is C[C@]12Cc3cnn(-c4ccc(F)cc4)c3C=C1CCC[C@@H]2C(=O)c1ccccc1. The van der Waals surface area contributed by atoms with E-state index in [0.29, 0.717) is 0 Å². The van der Waals surface area contributed by atoms with Gasteiger partial charge in [0.1, 0.15) is 5.82 Å². The molecular weight excluding hydrogens is 363 g/mol. The second-order valence-corrected chi connectivity index (χ2v) is 8.38. The van der Waals surface area contributed by atoms with Gasteiger partial charge >= 0.3 is 0 Å². The quantitative estimate of drug-likeness (QED) is 0.546. The molecule has 1 aromatic heterocycles. The lowest BCUT2D eigenvalue weighted by Crippen LogP contribution is -2.41. The number of hydrogen-bond acceptors (Lipinski definition) is 2. The van der Waals surface area contributed by atoms with Crippen LogP contribution < -0.4 is 0 Å². The molecule has 2 atom stereocenters. The van der Waals surface area contributed by atoms with Crippen LogP contribution >= 0.6 is 0 Å². The van der Waals surface area contributed by atoms with Gasteiger partial charge in [0.05, 0.1) is 17.6 Å². The molecule has 3 nitrogen and oxygen atoms in total. The first-order chi connectivity index (χ1) is 14.1. The van der Waals surface area contributed by atoms with E-state index in [2.05, 4.69) is 18.1 Å². The predicted octanol–water partition coefficient (Wildman–Crippen LogP) is 5.64. The van der Waals surface area contributed by atoms with Crippen molar-refractivity contribution in [3.05, 3.63) is 89.0 Å². The van der Waals surface area contributed by atoms with Crippen LogP contribution in [-0.2, 0) is 6.42 Å². The molecular formula is C25H23FN2O. The van der Waals surface area contributed by atoms with Gasteiger partial charge in [-0.05, 0) is 61.6 Å². The maximum absolute atomic E-state index is 13.3. The summed E-state index contributed by atoms with van der Waals surface area (Å²) in [5, 5.41) is 4.58. The number of benzene rings is 2. The number of Topliss-reactive ketones (excluding diaryl/α,β-unsaturated/α-hetero) is 1. The Morgan fingerprint density at radius 1 is 1.14 bits per heavy atom. The minimum atomic E-state index is -0.254. The molecule has 0 N–H and O–H groups in total. The number of carbonyl (C=O) groups is 1. The molecule has 0 radical (unpaired) electrons. The van der Waals surface area contributed by atoms with Gasteiger partial charge in [-0.25, -0.2) is 9.07 Å². The summed E-state index contributed by atoms with van der Waals surface area (Å²) in [5.41, 5.74) is 4.99. The van der Waals surface area contributed by atoms with E-state index in [1.807, 2.05) is 41.2 Å². The van der Waals surface area contributed by atoms with Crippen LogP contribution in [0.4, 0.5) is 4.39 Å². The number of aromatic nitrogens is 2. The fourth-order valence-electron chi connectivity index (χ4n) is 5.05. The highest BCUT2D eigenvalue weighted by atomic mass is 19.1. The van der Waals surface area contributed by atoms with Crippen molar-refractivity contribution >= 4 is 11.9 Å². The van der Waals surface area contributed by atoms with E-state index in [-0.39, 0.29) is 22.9 Å². The van der Waals surface area contributed by atoms with E-state index in [1.165, 1.54) is 17.7 Å². The van der Waals surface area contributed by atoms with Gasteiger partial charge in [0.2, 0.25) is 0 Å². The lowest BCUT2D eigenvalue weighted by molar-refractivity contribution is 0.0762. The van der Waals surface area contributed by atoms with Crippen molar-refractivity contribution in [2.45, 2.75) is 32.6 Å². The lowest BCUT2D eigenvalue weighted by atomic mass is 9.58. The molecule has 0 aliphatic heterocycles. The summed E-state index contributed by atoms with van der Waals surface area (Å²) in [6, 6.07) is 16.1. The third-order valence-corrected chi connectivity index (χ3v) is 6.64. The summed E-state index contributed by atoms with van der Waals surface area (Å²) in [6.45, 7) is 2.24. The van der Waals surface area contributed by atoms with E-state index in [4.69, 9.17) is 0 Å². The predicted molar refractivity (Wildman–Crippen MR) is 111 cm³/mol. The first-order valence-electron chi connectivity index (χ1n) is 10.2. The number of carbonyl (C=O) groups excluding carboxylic acids is 1. The van der Waals surface area contributed by atoms with Gasteiger partial charge in [0, 0.05) is 16.9 Å². The van der Waals surface area contributed by atoms with Crippen molar-refractivity contribution in [3.63, 3.8) is 0 Å². The van der Waals surface area contributed by atoms with Crippen molar-refractivity contribution in [2.75, 3.05) is 0 Å². The summed E-state index contributed by atoms with van der Waals surface area (Å²) in [4.78, 5) is 13.3. The first kappa shape index (κ1) is 18.0. The van der Waals surface area contributed by atoms with Gasteiger partial charge in [0.25, 0.3) is 0 Å². The Morgan fingerprint density at radius 3 is 2.66 bits per heavy atom. The number of hydrogen-bond donors (Lipinski definition) is 0. The molecule has 1 heterocycles. The van der Waals surface area contributed by atoms with Gasteiger partial charge in [-0.2, -0.15) is 5.10 Å². The van der Waals surface area contributed by atoms with Crippen LogP contribution in [0.2, 0.25) is 0 Å². The molecule has 5 rings (SSSR count). The smallest absolute Gasteiger partial charge is 0.166 e. The Balaban J connectivity index is 1.54. The molecule has 2 aliphatic carbocycles. The average molecular weight is 386 g/mol.